The lowest BCUT2D eigenvalue weighted by molar-refractivity contribution is -0.115. The van der Waals surface area contributed by atoms with E-state index in [0.717, 1.165) is 32.5 Å². The number of aryl methyl sites for hydroxylation is 1. The van der Waals surface area contributed by atoms with Crippen LogP contribution in [0.25, 0.3) is 5.69 Å². The Morgan fingerprint density at radius 1 is 1.25 bits per heavy atom. The average molecular weight is 416 g/mol. The molecular weight excluding hydrogens is 390 g/mol. The van der Waals surface area contributed by atoms with E-state index < -0.39 is 0 Å². The van der Waals surface area contributed by atoms with Crippen molar-refractivity contribution in [3.8, 4) is 5.69 Å². The first kappa shape index (κ1) is 20.6. The van der Waals surface area contributed by atoms with Crippen molar-refractivity contribution in [2.75, 3.05) is 11.1 Å². The number of imidazole rings is 1. The van der Waals surface area contributed by atoms with E-state index in [4.69, 9.17) is 0 Å². The molecule has 0 atom stereocenters. The lowest BCUT2D eigenvalue weighted by Gasteiger charge is -2.16. The first-order chi connectivity index (χ1) is 13.4. The summed E-state index contributed by atoms with van der Waals surface area (Å²) < 4.78 is 2.65. The molecule has 0 unspecified atom stereocenters. The quantitative estimate of drug-likeness (QED) is 0.570. The van der Waals surface area contributed by atoms with Crippen molar-refractivity contribution < 1.29 is 4.79 Å². The standard InChI is InChI=1S/C21H25N3O2S2/c1-13(2)10-11-27-20-18-19(22-17(25)12-16-8-6-5-7-9-16)23-21(26)24(18)14(3)15(4)28-20/h5-9,13H,10-12H2,1-4H3,(H,22,23,25,26). The summed E-state index contributed by atoms with van der Waals surface area (Å²) in [7, 11) is 0. The van der Waals surface area contributed by atoms with Gasteiger partial charge in [0.05, 0.1) is 10.6 Å². The second-order valence-electron chi connectivity index (χ2n) is 7.20. The lowest BCUT2D eigenvalue weighted by Crippen LogP contribution is -2.17. The highest BCUT2D eigenvalue weighted by Gasteiger charge is 2.24. The number of nitrogens with zero attached hydrogens (tertiary/aromatic N) is 2. The van der Waals surface area contributed by atoms with Gasteiger partial charge in [-0.25, -0.2) is 4.79 Å². The maximum atomic E-state index is 12.5. The molecule has 2 aliphatic rings. The van der Waals surface area contributed by atoms with E-state index in [-0.39, 0.29) is 18.0 Å². The number of nitrogens with one attached hydrogen (secondary N) is 1. The molecule has 0 saturated carbocycles. The third-order valence-electron chi connectivity index (χ3n) is 4.52. The summed E-state index contributed by atoms with van der Waals surface area (Å²) in [6.07, 6.45) is 1.34. The van der Waals surface area contributed by atoms with Gasteiger partial charge in [-0.3, -0.25) is 9.36 Å². The predicted molar refractivity (Wildman–Crippen MR) is 117 cm³/mol. The van der Waals surface area contributed by atoms with E-state index >= 15 is 0 Å². The van der Waals surface area contributed by atoms with Crippen LogP contribution < -0.4 is 11.0 Å². The summed E-state index contributed by atoms with van der Waals surface area (Å²) in [6.45, 7) is 8.33. The average Bonchev–Trinajstić information content (AvgIpc) is 2.96. The van der Waals surface area contributed by atoms with E-state index in [2.05, 4.69) is 24.1 Å². The first-order valence-electron chi connectivity index (χ1n) is 9.36. The van der Waals surface area contributed by atoms with Crippen LogP contribution in [0, 0.1) is 19.8 Å². The van der Waals surface area contributed by atoms with Gasteiger partial charge in [-0.2, -0.15) is 4.98 Å². The van der Waals surface area contributed by atoms with Gasteiger partial charge in [0, 0.05) is 10.6 Å². The molecule has 1 aromatic carbocycles. The largest absolute Gasteiger partial charge is 0.354 e. The van der Waals surface area contributed by atoms with Crippen LogP contribution in [0.3, 0.4) is 0 Å². The first-order valence-corrected chi connectivity index (χ1v) is 11.2. The summed E-state index contributed by atoms with van der Waals surface area (Å²) in [6, 6.07) is 9.55. The third kappa shape index (κ3) is 4.64. The number of anilines is 1. The summed E-state index contributed by atoms with van der Waals surface area (Å²) in [4.78, 5) is 30.3. The van der Waals surface area contributed by atoms with Crippen molar-refractivity contribution in [1.82, 2.24) is 9.55 Å². The zero-order valence-electron chi connectivity index (χ0n) is 16.6. The van der Waals surface area contributed by atoms with Gasteiger partial charge in [-0.15, -0.1) is 23.1 Å². The summed E-state index contributed by atoms with van der Waals surface area (Å²) in [5.41, 5.74) is 2.17. The predicted octanol–water partition coefficient (Wildman–Crippen LogP) is 4.67. The summed E-state index contributed by atoms with van der Waals surface area (Å²) in [5, 5.41) is 2.86. The van der Waals surface area contributed by atoms with Crippen molar-refractivity contribution in [1.29, 1.82) is 0 Å². The Balaban J connectivity index is 1.91. The van der Waals surface area contributed by atoms with Gasteiger partial charge in [-0.1, -0.05) is 44.2 Å². The highest BCUT2D eigenvalue weighted by atomic mass is 32.2. The fraction of sp³-hybridized carbons (Fsp3) is 0.381. The van der Waals surface area contributed by atoms with Crippen LogP contribution in [0.2, 0.25) is 0 Å². The minimum Gasteiger partial charge on any atom is -0.308 e. The molecule has 0 aliphatic carbocycles. The molecule has 28 heavy (non-hydrogen) atoms. The summed E-state index contributed by atoms with van der Waals surface area (Å²) in [5.74, 6) is 1.76. The van der Waals surface area contributed by atoms with Crippen LogP contribution in [0.5, 0.6) is 0 Å². The van der Waals surface area contributed by atoms with Gasteiger partial charge >= 0.3 is 5.69 Å². The van der Waals surface area contributed by atoms with Gasteiger partial charge in [0.25, 0.3) is 0 Å². The fourth-order valence-electron chi connectivity index (χ4n) is 2.85. The molecule has 0 aromatic heterocycles. The molecule has 1 N–H and O–H groups in total. The number of benzene rings is 1. The highest BCUT2D eigenvalue weighted by Crippen LogP contribution is 2.38. The highest BCUT2D eigenvalue weighted by molar-refractivity contribution is 8.01. The molecule has 0 fully saturated rings. The number of fused-ring (bicyclic) bond motifs is 1. The van der Waals surface area contributed by atoms with Crippen molar-refractivity contribution in [3.63, 3.8) is 0 Å². The Morgan fingerprint density at radius 2 is 1.96 bits per heavy atom. The van der Waals surface area contributed by atoms with Crippen LogP contribution in [-0.2, 0) is 11.2 Å². The van der Waals surface area contributed by atoms with E-state index in [1.165, 1.54) is 0 Å². The van der Waals surface area contributed by atoms with Gasteiger partial charge < -0.3 is 5.32 Å². The van der Waals surface area contributed by atoms with Gasteiger partial charge in [0.15, 0.2) is 5.82 Å². The topological polar surface area (TPSA) is 64.0 Å². The molecule has 1 aromatic rings. The van der Waals surface area contributed by atoms with E-state index in [1.807, 2.05) is 44.2 Å². The zero-order valence-corrected chi connectivity index (χ0v) is 18.2. The number of thioether (sulfide) groups is 1. The smallest absolute Gasteiger partial charge is 0.308 e. The molecule has 0 saturated heterocycles. The fourth-order valence-corrected chi connectivity index (χ4v) is 5.61. The molecule has 148 valence electrons. The molecule has 0 bridgehead atoms. The number of hydrogen-bond acceptors (Lipinski definition) is 5. The summed E-state index contributed by atoms with van der Waals surface area (Å²) >= 11 is 3.38. The van der Waals surface area contributed by atoms with Crippen LogP contribution >= 0.6 is 23.1 Å². The molecular formula is C21H25N3O2S2. The molecule has 0 spiro atoms. The normalized spacial score (nSPS) is 11.3. The van der Waals surface area contributed by atoms with Crippen molar-refractivity contribution >= 4 is 34.8 Å². The molecule has 2 heterocycles. The molecule has 1 amide bonds. The van der Waals surface area contributed by atoms with Gasteiger partial charge in [-0.05, 0) is 37.5 Å². The molecule has 0 radical (unpaired) electrons. The molecule has 3 rings (SSSR count). The minimum atomic E-state index is -0.343. The Bertz CT molecular complexity index is 993. The van der Waals surface area contributed by atoms with Crippen LogP contribution in [0.15, 0.2) is 39.3 Å². The lowest BCUT2D eigenvalue weighted by atomic mass is 10.1. The number of amides is 1. The molecule has 5 nitrogen and oxygen atoms in total. The van der Waals surface area contributed by atoms with Crippen LogP contribution in [0.4, 0.5) is 5.82 Å². The van der Waals surface area contributed by atoms with Crippen LogP contribution in [0.1, 0.15) is 36.4 Å². The molecule has 2 aliphatic heterocycles. The Kier molecular flexibility index (Phi) is 6.57. The molecule has 7 heteroatoms. The Hall–Kier alpha value is -2.12. The van der Waals surface area contributed by atoms with E-state index in [9.17, 15) is 9.59 Å². The Labute approximate surface area is 173 Å². The number of carbonyl (C=O) groups is 1. The third-order valence-corrected chi connectivity index (χ3v) is 7.00. The van der Waals surface area contributed by atoms with Crippen LogP contribution in [-0.4, -0.2) is 21.2 Å². The minimum absolute atomic E-state index is 0.174. The van der Waals surface area contributed by atoms with Crippen molar-refractivity contribution in [3.05, 3.63) is 57.0 Å². The van der Waals surface area contributed by atoms with E-state index in [0.29, 0.717) is 17.4 Å². The monoisotopic (exact) mass is 415 g/mol. The SMILES string of the molecule is Cc1sc(SCCC(C)C)c2c(NC(=O)Cc3ccccc3)nc(=O)n-2c1C. The second kappa shape index (κ2) is 8.92. The van der Waals surface area contributed by atoms with Crippen molar-refractivity contribution in [2.24, 2.45) is 5.92 Å². The number of carbonyl (C=O) groups excluding carboxylic acids is 1. The van der Waals surface area contributed by atoms with E-state index in [1.54, 1.807) is 27.7 Å². The maximum absolute atomic E-state index is 12.5. The number of hydrogen-bond donors (Lipinski definition) is 1. The maximum Gasteiger partial charge on any atom is 0.354 e. The zero-order chi connectivity index (χ0) is 20.3. The van der Waals surface area contributed by atoms with Crippen molar-refractivity contribution in [2.45, 2.75) is 44.7 Å². The van der Waals surface area contributed by atoms with Gasteiger partial charge in [0.2, 0.25) is 5.91 Å². The van der Waals surface area contributed by atoms with Gasteiger partial charge in [0.1, 0.15) is 5.69 Å². The number of aromatic nitrogens is 2. The second-order valence-corrected chi connectivity index (χ2v) is 9.79. The Morgan fingerprint density at radius 3 is 2.64 bits per heavy atom. The number of rotatable bonds is 7.